The van der Waals surface area contributed by atoms with Crippen molar-refractivity contribution < 1.29 is 33.7 Å². The van der Waals surface area contributed by atoms with Gasteiger partial charge in [-0.2, -0.15) is 0 Å². The minimum absolute atomic E-state index is 0.0331. The molecule has 1 rings (SSSR count). The standard InChI is InChI=1S/C11H21N2O7PS/c1-3-8(7-19-21(17,22)18-2)20-10(6-14)13-5-4-9(15)12-11(13)16/h4-5,8,10-11,14,16H,3,6-7H2,1-2H3,(H,12,15)(H,17,22). The molecule has 0 aliphatic carbocycles. The Labute approximate surface area is 133 Å². The van der Waals surface area contributed by atoms with Crippen molar-refractivity contribution in [1.29, 1.82) is 0 Å². The highest BCUT2D eigenvalue weighted by Crippen LogP contribution is 2.42. The van der Waals surface area contributed by atoms with Crippen molar-refractivity contribution in [1.82, 2.24) is 10.2 Å². The van der Waals surface area contributed by atoms with Gasteiger partial charge in [0.05, 0.1) is 19.3 Å². The number of nitrogens with one attached hydrogen (secondary N) is 1. The number of amides is 1. The highest BCUT2D eigenvalue weighted by molar-refractivity contribution is 8.07. The number of carbonyl (C=O) groups is 1. The predicted molar refractivity (Wildman–Crippen MR) is 80.6 cm³/mol. The number of aliphatic hydroxyl groups is 2. The maximum atomic E-state index is 11.1. The van der Waals surface area contributed by atoms with Gasteiger partial charge in [0.25, 0.3) is 0 Å². The van der Waals surface area contributed by atoms with Crippen LogP contribution in [0.4, 0.5) is 0 Å². The maximum Gasteiger partial charge on any atom is 0.324 e. The van der Waals surface area contributed by atoms with E-state index in [0.717, 1.165) is 0 Å². The molecule has 9 nitrogen and oxygen atoms in total. The highest BCUT2D eigenvalue weighted by Gasteiger charge is 2.28. The molecule has 22 heavy (non-hydrogen) atoms. The normalized spacial score (nSPS) is 23.8. The number of nitrogens with zero attached hydrogens (tertiary/aromatic N) is 1. The first kappa shape index (κ1) is 19.5. The number of ether oxygens (including phenoxy) is 1. The molecule has 0 fully saturated rings. The molecule has 0 aromatic heterocycles. The summed E-state index contributed by atoms with van der Waals surface area (Å²) >= 11 is 4.72. The van der Waals surface area contributed by atoms with Gasteiger partial charge in [-0.15, -0.1) is 0 Å². The minimum Gasteiger partial charge on any atom is -0.392 e. The average molecular weight is 356 g/mol. The fourth-order valence-electron chi connectivity index (χ4n) is 1.65. The first-order valence-corrected chi connectivity index (χ1v) is 9.15. The van der Waals surface area contributed by atoms with Crippen molar-refractivity contribution in [3.05, 3.63) is 12.3 Å². The van der Waals surface area contributed by atoms with Gasteiger partial charge < -0.3 is 39.1 Å². The van der Waals surface area contributed by atoms with E-state index >= 15 is 0 Å². The van der Waals surface area contributed by atoms with Crippen LogP contribution in [0.3, 0.4) is 0 Å². The SMILES string of the molecule is CCC(COP(O)(=S)OC)OC(CO)N1C=CC(=O)NC1O. The molecule has 4 atom stereocenters. The number of rotatable bonds is 9. The lowest BCUT2D eigenvalue weighted by molar-refractivity contribution is -0.169. The van der Waals surface area contributed by atoms with Crippen molar-refractivity contribution in [2.45, 2.75) is 32.0 Å². The van der Waals surface area contributed by atoms with Crippen molar-refractivity contribution in [3.8, 4) is 0 Å². The minimum atomic E-state index is -3.29. The maximum absolute atomic E-state index is 11.1. The Kier molecular flexibility index (Phi) is 7.87. The second-order valence-corrected chi connectivity index (χ2v) is 7.34. The predicted octanol–water partition coefficient (Wildman–Crippen LogP) is -0.799. The van der Waals surface area contributed by atoms with Crippen LogP contribution >= 0.6 is 6.72 Å². The summed E-state index contributed by atoms with van der Waals surface area (Å²) in [5.41, 5.74) is 0. The lowest BCUT2D eigenvalue weighted by atomic mass is 10.3. The quantitative estimate of drug-likeness (QED) is 0.394. The highest BCUT2D eigenvalue weighted by atomic mass is 32.5. The molecule has 0 aromatic carbocycles. The Balaban J connectivity index is 2.64. The van der Waals surface area contributed by atoms with Crippen LogP contribution in [0.5, 0.6) is 0 Å². The van der Waals surface area contributed by atoms with Gasteiger partial charge in [0, 0.05) is 19.4 Å². The molecule has 11 heteroatoms. The van der Waals surface area contributed by atoms with E-state index in [-0.39, 0.29) is 6.61 Å². The van der Waals surface area contributed by atoms with Gasteiger partial charge in [-0.05, 0) is 18.2 Å². The molecule has 0 spiro atoms. The van der Waals surface area contributed by atoms with Crippen molar-refractivity contribution >= 4 is 24.4 Å². The van der Waals surface area contributed by atoms with Crippen LogP contribution in [-0.2, 0) is 30.4 Å². The number of hydrogen-bond acceptors (Lipinski definition) is 8. The topological polar surface area (TPSA) is 121 Å². The van der Waals surface area contributed by atoms with Crippen LogP contribution < -0.4 is 5.32 Å². The summed E-state index contributed by atoms with van der Waals surface area (Å²) in [5, 5.41) is 21.5. The molecule has 0 bridgehead atoms. The van der Waals surface area contributed by atoms with Gasteiger partial charge in [0.1, 0.15) is 0 Å². The molecule has 128 valence electrons. The smallest absolute Gasteiger partial charge is 0.324 e. The lowest BCUT2D eigenvalue weighted by Gasteiger charge is -2.37. The zero-order valence-electron chi connectivity index (χ0n) is 12.3. The van der Waals surface area contributed by atoms with E-state index in [0.29, 0.717) is 6.42 Å². The lowest BCUT2D eigenvalue weighted by Crippen LogP contribution is -2.54. The van der Waals surface area contributed by atoms with E-state index in [9.17, 15) is 19.9 Å². The Morgan fingerprint density at radius 3 is 2.77 bits per heavy atom. The summed E-state index contributed by atoms with van der Waals surface area (Å²) in [7, 11) is 1.25. The van der Waals surface area contributed by atoms with Crippen LogP contribution in [0.1, 0.15) is 13.3 Å². The van der Waals surface area contributed by atoms with Gasteiger partial charge in [-0.1, -0.05) is 6.92 Å². The van der Waals surface area contributed by atoms with E-state index in [1.54, 1.807) is 0 Å². The molecule has 4 N–H and O–H groups in total. The Hall–Kier alpha value is -0.580. The summed E-state index contributed by atoms with van der Waals surface area (Å²) in [6.45, 7) is -1.93. The molecular weight excluding hydrogens is 335 g/mol. The molecule has 1 aliphatic heterocycles. The third-order valence-electron chi connectivity index (χ3n) is 2.90. The number of aliphatic hydroxyl groups excluding tert-OH is 2. The summed E-state index contributed by atoms with van der Waals surface area (Å²) in [6, 6.07) is 0. The second kappa shape index (κ2) is 8.90. The first-order valence-electron chi connectivity index (χ1n) is 6.56. The average Bonchev–Trinajstić information content (AvgIpc) is 2.48. The van der Waals surface area contributed by atoms with Crippen molar-refractivity contribution in [2.24, 2.45) is 0 Å². The molecule has 0 aromatic rings. The van der Waals surface area contributed by atoms with Crippen LogP contribution in [0.15, 0.2) is 12.3 Å². The van der Waals surface area contributed by atoms with Gasteiger partial charge in [0.2, 0.25) is 12.3 Å². The monoisotopic (exact) mass is 356 g/mol. The van der Waals surface area contributed by atoms with Gasteiger partial charge in [-0.3, -0.25) is 4.79 Å². The molecule has 1 heterocycles. The number of hydrogen-bond donors (Lipinski definition) is 4. The van der Waals surface area contributed by atoms with Crippen LogP contribution in [0.2, 0.25) is 0 Å². The summed E-state index contributed by atoms with van der Waals surface area (Å²) in [5.74, 6) is -0.447. The molecule has 1 amide bonds. The molecule has 0 saturated heterocycles. The molecular formula is C11H21N2O7PS. The van der Waals surface area contributed by atoms with E-state index in [4.69, 9.17) is 21.1 Å². The molecule has 0 saturated carbocycles. The first-order chi connectivity index (χ1) is 10.3. The molecule has 1 aliphatic rings. The van der Waals surface area contributed by atoms with Gasteiger partial charge in [0.15, 0.2) is 6.23 Å². The van der Waals surface area contributed by atoms with E-state index in [2.05, 4.69) is 9.84 Å². The Morgan fingerprint density at radius 1 is 1.59 bits per heavy atom. The summed E-state index contributed by atoms with van der Waals surface area (Å²) in [6.07, 6.45) is 0.322. The van der Waals surface area contributed by atoms with Crippen LogP contribution in [0.25, 0.3) is 0 Å². The second-order valence-electron chi connectivity index (χ2n) is 4.40. The van der Waals surface area contributed by atoms with Gasteiger partial charge in [-0.25, -0.2) is 0 Å². The Morgan fingerprint density at radius 2 is 2.27 bits per heavy atom. The third-order valence-corrected chi connectivity index (χ3v) is 4.60. The fraction of sp³-hybridized carbons (Fsp3) is 0.727. The molecule has 0 radical (unpaired) electrons. The summed E-state index contributed by atoms with van der Waals surface area (Å²) in [4.78, 5) is 21.9. The largest absolute Gasteiger partial charge is 0.392 e. The fourth-order valence-corrected chi connectivity index (χ4v) is 2.29. The van der Waals surface area contributed by atoms with E-state index in [1.807, 2.05) is 6.92 Å². The Bertz CT molecular complexity index is 450. The zero-order chi connectivity index (χ0) is 16.8. The van der Waals surface area contributed by atoms with E-state index < -0.39 is 37.9 Å². The van der Waals surface area contributed by atoms with E-state index in [1.165, 1.54) is 24.3 Å². The van der Waals surface area contributed by atoms with Crippen LogP contribution in [0, 0.1) is 0 Å². The van der Waals surface area contributed by atoms with Crippen molar-refractivity contribution in [2.75, 3.05) is 20.3 Å². The van der Waals surface area contributed by atoms with Crippen molar-refractivity contribution in [3.63, 3.8) is 0 Å². The number of carbonyl (C=O) groups excluding carboxylic acids is 1. The summed E-state index contributed by atoms with van der Waals surface area (Å²) < 4.78 is 15.4. The zero-order valence-corrected chi connectivity index (χ0v) is 14.0. The van der Waals surface area contributed by atoms with Crippen LogP contribution in [-0.4, -0.2) is 64.9 Å². The molecule has 4 unspecified atom stereocenters. The van der Waals surface area contributed by atoms with Gasteiger partial charge >= 0.3 is 6.72 Å². The third kappa shape index (κ3) is 5.90.